The SMILES string of the molecule is COc1ccc(CCN2CC(C(=O)NC3CCNCC3C)CC2=O)cc1OC. The number of hydrogen-bond donors (Lipinski definition) is 2. The van der Waals surface area contributed by atoms with Crippen LogP contribution in [0.2, 0.25) is 0 Å². The van der Waals surface area contributed by atoms with Crippen LogP contribution in [0.25, 0.3) is 0 Å². The standard InChI is InChI=1S/C21H31N3O4/c1-14-12-22-8-6-17(14)23-21(26)16-11-20(25)24(13-16)9-7-15-4-5-18(27-2)19(10-15)28-3/h4-5,10,14,16-17,22H,6-9,11-13H2,1-3H3,(H,23,26). The molecule has 3 atom stereocenters. The van der Waals surface area contributed by atoms with Crippen LogP contribution in [0.15, 0.2) is 18.2 Å². The molecule has 7 heteroatoms. The van der Waals surface area contributed by atoms with Gasteiger partial charge in [-0.2, -0.15) is 0 Å². The van der Waals surface area contributed by atoms with Gasteiger partial charge in [-0.25, -0.2) is 0 Å². The van der Waals surface area contributed by atoms with Gasteiger partial charge >= 0.3 is 0 Å². The summed E-state index contributed by atoms with van der Waals surface area (Å²) in [4.78, 5) is 26.8. The van der Waals surface area contributed by atoms with Crippen LogP contribution in [-0.4, -0.2) is 63.2 Å². The third-order valence-corrected chi connectivity index (χ3v) is 5.82. The van der Waals surface area contributed by atoms with Crippen molar-refractivity contribution in [1.29, 1.82) is 0 Å². The molecular weight excluding hydrogens is 358 g/mol. The van der Waals surface area contributed by atoms with Gasteiger partial charge in [0.05, 0.1) is 20.1 Å². The molecule has 2 heterocycles. The summed E-state index contributed by atoms with van der Waals surface area (Å²) in [7, 11) is 3.22. The van der Waals surface area contributed by atoms with Gasteiger partial charge in [0, 0.05) is 25.6 Å². The third-order valence-electron chi connectivity index (χ3n) is 5.82. The summed E-state index contributed by atoms with van der Waals surface area (Å²) < 4.78 is 10.6. The molecule has 7 nitrogen and oxygen atoms in total. The molecule has 2 saturated heterocycles. The first-order chi connectivity index (χ1) is 13.5. The van der Waals surface area contributed by atoms with E-state index in [1.165, 1.54) is 0 Å². The maximum atomic E-state index is 12.6. The van der Waals surface area contributed by atoms with Crippen molar-refractivity contribution in [3.05, 3.63) is 23.8 Å². The Bertz CT molecular complexity index is 709. The summed E-state index contributed by atoms with van der Waals surface area (Å²) in [5.74, 6) is 1.60. The number of amides is 2. The fraction of sp³-hybridized carbons (Fsp3) is 0.619. The predicted octanol–water partition coefficient (Wildman–Crippen LogP) is 1.21. The Labute approximate surface area is 166 Å². The van der Waals surface area contributed by atoms with Crippen molar-refractivity contribution in [2.24, 2.45) is 11.8 Å². The molecule has 0 aromatic heterocycles. The van der Waals surface area contributed by atoms with E-state index in [9.17, 15) is 9.59 Å². The number of carbonyl (C=O) groups is 2. The number of benzene rings is 1. The highest BCUT2D eigenvalue weighted by molar-refractivity contribution is 5.89. The number of piperidine rings is 1. The zero-order chi connectivity index (χ0) is 20.1. The van der Waals surface area contributed by atoms with Crippen LogP contribution < -0.4 is 20.1 Å². The fourth-order valence-electron chi connectivity index (χ4n) is 3.99. The minimum absolute atomic E-state index is 0.0146. The molecule has 0 radical (unpaired) electrons. The van der Waals surface area contributed by atoms with Crippen molar-refractivity contribution in [1.82, 2.24) is 15.5 Å². The van der Waals surface area contributed by atoms with Gasteiger partial charge in [-0.1, -0.05) is 13.0 Å². The number of carbonyl (C=O) groups excluding carboxylic acids is 2. The number of rotatable bonds is 7. The smallest absolute Gasteiger partial charge is 0.225 e. The zero-order valence-corrected chi connectivity index (χ0v) is 17.0. The molecule has 28 heavy (non-hydrogen) atoms. The monoisotopic (exact) mass is 389 g/mol. The molecule has 2 fully saturated rings. The molecular formula is C21H31N3O4. The van der Waals surface area contributed by atoms with E-state index in [1.54, 1.807) is 19.1 Å². The average Bonchev–Trinajstić information content (AvgIpc) is 3.08. The van der Waals surface area contributed by atoms with Crippen molar-refractivity contribution >= 4 is 11.8 Å². The lowest BCUT2D eigenvalue weighted by Crippen LogP contribution is -2.50. The summed E-state index contributed by atoms with van der Waals surface area (Å²) in [5.41, 5.74) is 1.07. The number of hydrogen-bond acceptors (Lipinski definition) is 5. The van der Waals surface area contributed by atoms with Crippen LogP contribution >= 0.6 is 0 Å². The van der Waals surface area contributed by atoms with E-state index in [1.807, 2.05) is 18.2 Å². The van der Waals surface area contributed by atoms with Crippen LogP contribution in [0.1, 0.15) is 25.3 Å². The molecule has 0 saturated carbocycles. The Morgan fingerprint density at radius 2 is 2.07 bits per heavy atom. The second kappa shape index (κ2) is 9.28. The van der Waals surface area contributed by atoms with Gasteiger partial charge in [0.15, 0.2) is 11.5 Å². The Balaban J connectivity index is 1.52. The van der Waals surface area contributed by atoms with E-state index in [0.29, 0.717) is 43.3 Å². The second-order valence-electron chi connectivity index (χ2n) is 7.77. The molecule has 0 aliphatic carbocycles. The van der Waals surface area contributed by atoms with E-state index >= 15 is 0 Å². The number of likely N-dealkylation sites (tertiary alicyclic amines) is 1. The van der Waals surface area contributed by atoms with Crippen LogP contribution in [0, 0.1) is 11.8 Å². The molecule has 3 rings (SSSR count). The molecule has 0 spiro atoms. The number of nitrogens with zero attached hydrogens (tertiary/aromatic N) is 1. The minimum Gasteiger partial charge on any atom is -0.493 e. The lowest BCUT2D eigenvalue weighted by molar-refractivity contribution is -0.129. The van der Waals surface area contributed by atoms with Gasteiger partial charge < -0.3 is 25.0 Å². The normalized spacial score (nSPS) is 24.9. The van der Waals surface area contributed by atoms with Gasteiger partial charge in [0.2, 0.25) is 11.8 Å². The predicted molar refractivity (Wildman–Crippen MR) is 107 cm³/mol. The molecule has 2 amide bonds. The maximum Gasteiger partial charge on any atom is 0.225 e. The molecule has 3 unspecified atom stereocenters. The van der Waals surface area contributed by atoms with E-state index in [0.717, 1.165) is 25.1 Å². The highest BCUT2D eigenvalue weighted by Crippen LogP contribution is 2.28. The Hall–Kier alpha value is -2.28. The van der Waals surface area contributed by atoms with Crippen LogP contribution in [0.3, 0.4) is 0 Å². The Kier molecular flexibility index (Phi) is 6.78. The maximum absolute atomic E-state index is 12.6. The van der Waals surface area contributed by atoms with Crippen LogP contribution in [0.4, 0.5) is 0 Å². The second-order valence-corrected chi connectivity index (χ2v) is 7.77. The van der Waals surface area contributed by atoms with Gasteiger partial charge in [0.1, 0.15) is 0 Å². The molecule has 0 bridgehead atoms. The van der Waals surface area contributed by atoms with Crippen LogP contribution in [-0.2, 0) is 16.0 Å². The largest absolute Gasteiger partial charge is 0.493 e. The summed E-state index contributed by atoms with van der Waals surface area (Å²) in [5, 5.41) is 6.50. The van der Waals surface area contributed by atoms with Crippen molar-refractivity contribution in [3.8, 4) is 11.5 Å². The molecule has 1 aromatic carbocycles. The quantitative estimate of drug-likeness (QED) is 0.733. The van der Waals surface area contributed by atoms with Crippen LogP contribution in [0.5, 0.6) is 11.5 Å². The number of ether oxygens (including phenoxy) is 2. The van der Waals surface area contributed by atoms with E-state index in [2.05, 4.69) is 17.6 Å². The molecule has 1 aromatic rings. The summed E-state index contributed by atoms with van der Waals surface area (Å²) in [6.45, 7) is 5.09. The lowest BCUT2D eigenvalue weighted by atomic mass is 9.94. The van der Waals surface area contributed by atoms with Gasteiger partial charge in [0.25, 0.3) is 0 Å². The lowest BCUT2D eigenvalue weighted by Gasteiger charge is -2.31. The minimum atomic E-state index is -0.250. The topological polar surface area (TPSA) is 79.9 Å². The highest BCUT2D eigenvalue weighted by Gasteiger charge is 2.35. The Morgan fingerprint density at radius 1 is 1.29 bits per heavy atom. The van der Waals surface area contributed by atoms with Crippen molar-refractivity contribution in [2.75, 3.05) is 40.4 Å². The molecule has 154 valence electrons. The van der Waals surface area contributed by atoms with Crippen molar-refractivity contribution in [2.45, 2.75) is 32.2 Å². The number of methoxy groups -OCH3 is 2. The fourth-order valence-corrected chi connectivity index (χ4v) is 3.99. The first kappa shape index (κ1) is 20.5. The van der Waals surface area contributed by atoms with Crippen molar-refractivity contribution in [3.63, 3.8) is 0 Å². The summed E-state index contributed by atoms with van der Waals surface area (Å²) in [6.07, 6.45) is 1.96. The van der Waals surface area contributed by atoms with Gasteiger partial charge in [-0.3, -0.25) is 9.59 Å². The first-order valence-corrected chi connectivity index (χ1v) is 10.0. The van der Waals surface area contributed by atoms with E-state index in [-0.39, 0.29) is 23.8 Å². The zero-order valence-electron chi connectivity index (χ0n) is 17.0. The third kappa shape index (κ3) is 4.76. The molecule has 2 aliphatic rings. The summed E-state index contributed by atoms with van der Waals surface area (Å²) >= 11 is 0. The van der Waals surface area contributed by atoms with Gasteiger partial charge in [-0.05, 0) is 49.5 Å². The summed E-state index contributed by atoms with van der Waals surface area (Å²) in [6, 6.07) is 5.98. The molecule has 2 aliphatic heterocycles. The number of nitrogens with one attached hydrogen (secondary N) is 2. The molecule has 2 N–H and O–H groups in total. The first-order valence-electron chi connectivity index (χ1n) is 10.0. The van der Waals surface area contributed by atoms with E-state index in [4.69, 9.17) is 9.47 Å². The van der Waals surface area contributed by atoms with E-state index < -0.39 is 0 Å². The van der Waals surface area contributed by atoms with Gasteiger partial charge in [-0.15, -0.1) is 0 Å². The Morgan fingerprint density at radius 3 is 2.79 bits per heavy atom. The van der Waals surface area contributed by atoms with Crippen molar-refractivity contribution < 1.29 is 19.1 Å². The highest BCUT2D eigenvalue weighted by atomic mass is 16.5. The average molecular weight is 389 g/mol.